The summed E-state index contributed by atoms with van der Waals surface area (Å²) in [6.07, 6.45) is 1.54. The molecule has 2 amide bonds. The summed E-state index contributed by atoms with van der Waals surface area (Å²) in [4.78, 5) is 19.7. The highest BCUT2D eigenvalue weighted by Gasteiger charge is 2.47. The van der Waals surface area contributed by atoms with Gasteiger partial charge >= 0.3 is 6.03 Å². The van der Waals surface area contributed by atoms with Crippen LogP contribution >= 0.6 is 0 Å². The van der Waals surface area contributed by atoms with Gasteiger partial charge in [0.25, 0.3) is 0 Å². The number of halogens is 2. The summed E-state index contributed by atoms with van der Waals surface area (Å²) in [7, 11) is 2.07. The smallest absolute Gasteiger partial charge is 0.319 e. The summed E-state index contributed by atoms with van der Waals surface area (Å²) >= 11 is 0. The van der Waals surface area contributed by atoms with Gasteiger partial charge in [-0.2, -0.15) is 5.26 Å². The Morgan fingerprint density at radius 1 is 0.941 bits per heavy atom. The van der Waals surface area contributed by atoms with E-state index in [0.717, 1.165) is 42.4 Å². The molecule has 2 heterocycles. The van der Waals surface area contributed by atoms with Crippen LogP contribution < -0.4 is 0 Å². The maximum atomic E-state index is 14.0. The Morgan fingerprint density at radius 3 is 2.35 bits per heavy atom. The molecule has 0 N–H and O–H groups in total. The van der Waals surface area contributed by atoms with Crippen molar-refractivity contribution in [1.82, 2.24) is 14.7 Å². The minimum Gasteiger partial charge on any atom is -0.319 e. The SMILES string of the molecule is CN1CCC(c2ccc(F)cc2)(N2CCN(Cc3cc(C#N)cc4ccc(F)cc34)C2=O)CC1. The molecule has 5 nitrogen and oxygen atoms in total. The van der Waals surface area contributed by atoms with Crippen molar-refractivity contribution in [2.75, 3.05) is 33.2 Å². The molecule has 0 unspecified atom stereocenters. The fourth-order valence-electron chi connectivity index (χ4n) is 5.40. The normalized spacial score (nSPS) is 18.5. The van der Waals surface area contributed by atoms with Crippen LogP contribution in [0.15, 0.2) is 54.6 Å². The van der Waals surface area contributed by atoms with Crippen LogP contribution in [0.1, 0.15) is 29.5 Å². The second-order valence-corrected chi connectivity index (χ2v) is 9.31. The second kappa shape index (κ2) is 8.69. The van der Waals surface area contributed by atoms with Crippen LogP contribution in [0.3, 0.4) is 0 Å². The number of nitriles is 1. The second-order valence-electron chi connectivity index (χ2n) is 9.31. The van der Waals surface area contributed by atoms with Crippen LogP contribution in [0.25, 0.3) is 10.8 Å². The third-order valence-electron chi connectivity index (χ3n) is 7.30. The maximum absolute atomic E-state index is 14.0. The zero-order valence-corrected chi connectivity index (χ0v) is 19.1. The van der Waals surface area contributed by atoms with E-state index in [1.54, 1.807) is 35.2 Å². The van der Waals surface area contributed by atoms with Gasteiger partial charge in [0.15, 0.2) is 0 Å². The van der Waals surface area contributed by atoms with Crippen molar-refractivity contribution < 1.29 is 13.6 Å². The zero-order chi connectivity index (χ0) is 23.9. The zero-order valence-electron chi connectivity index (χ0n) is 19.1. The van der Waals surface area contributed by atoms with Crippen molar-refractivity contribution in [1.29, 1.82) is 5.26 Å². The lowest BCUT2D eigenvalue weighted by molar-refractivity contribution is 0.0620. The van der Waals surface area contributed by atoms with E-state index in [2.05, 4.69) is 18.0 Å². The summed E-state index contributed by atoms with van der Waals surface area (Å²) in [5.74, 6) is -0.646. The Bertz CT molecular complexity index is 1280. The lowest BCUT2D eigenvalue weighted by atomic mass is 9.79. The number of urea groups is 1. The van der Waals surface area contributed by atoms with Gasteiger partial charge in [-0.05, 0) is 78.2 Å². The molecular formula is C27H26F2N4O. The molecular weight excluding hydrogens is 434 g/mol. The molecule has 5 rings (SSSR count). The minimum absolute atomic E-state index is 0.0826. The molecule has 0 bridgehead atoms. The standard InChI is InChI=1S/C27H26F2N4O/c1-31-10-8-27(9-11-31,22-3-6-23(28)7-4-22)33-13-12-32(26(33)34)18-21-15-19(17-30)14-20-2-5-24(29)16-25(20)21/h2-7,14-16H,8-13,18H2,1H3. The highest BCUT2D eigenvalue weighted by molar-refractivity contribution is 5.88. The number of hydrogen-bond acceptors (Lipinski definition) is 3. The van der Waals surface area contributed by atoms with Crippen LogP contribution in [0.2, 0.25) is 0 Å². The quantitative estimate of drug-likeness (QED) is 0.559. The number of fused-ring (bicyclic) bond motifs is 1. The van der Waals surface area contributed by atoms with E-state index in [-0.39, 0.29) is 17.7 Å². The highest BCUT2D eigenvalue weighted by Crippen LogP contribution is 2.41. The van der Waals surface area contributed by atoms with Gasteiger partial charge in [0.1, 0.15) is 11.6 Å². The number of carbonyl (C=O) groups is 1. The molecule has 2 aliphatic rings. The lowest BCUT2D eigenvalue weighted by Crippen LogP contribution is -2.53. The average Bonchev–Trinajstić information content (AvgIpc) is 3.21. The Balaban J connectivity index is 1.47. The summed E-state index contributed by atoms with van der Waals surface area (Å²) in [6.45, 7) is 3.07. The average molecular weight is 461 g/mol. The minimum atomic E-state index is -0.491. The summed E-state index contributed by atoms with van der Waals surface area (Å²) in [6, 6.07) is 16.6. The maximum Gasteiger partial charge on any atom is 0.321 e. The summed E-state index contributed by atoms with van der Waals surface area (Å²) < 4.78 is 27.7. The number of amides is 2. The van der Waals surface area contributed by atoms with E-state index < -0.39 is 5.54 Å². The Hall–Kier alpha value is -3.50. The highest BCUT2D eigenvalue weighted by atomic mass is 19.1. The molecule has 174 valence electrons. The molecule has 0 aromatic heterocycles. The number of nitrogens with zero attached hydrogens (tertiary/aromatic N) is 4. The van der Waals surface area contributed by atoms with Gasteiger partial charge in [0, 0.05) is 32.7 Å². The summed E-state index contributed by atoms with van der Waals surface area (Å²) in [5, 5.41) is 10.9. The number of likely N-dealkylation sites (tertiary alicyclic amines) is 1. The third-order valence-corrected chi connectivity index (χ3v) is 7.30. The predicted molar refractivity (Wildman–Crippen MR) is 126 cm³/mol. The van der Waals surface area contributed by atoms with Gasteiger partial charge in [0.2, 0.25) is 0 Å². The van der Waals surface area contributed by atoms with Crippen molar-refractivity contribution in [2.24, 2.45) is 0 Å². The molecule has 3 aromatic carbocycles. The monoisotopic (exact) mass is 460 g/mol. The number of rotatable bonds is 4. The van der Waals surface area contributed by atoms with Gasteiger partial charge in [0.05, 0.1) is 17.2 Å². The fraction of sp³-hybridized carbons (Fsp3) is 0.333. The van der Waals surface area contributed by atoms with Crippen LogP contribution in [-0.4, -0.2) is 54.0 Å². The van der Waals surface area contributed by atoms with Crippen LogP contribution in [0.5, 0.6) is 0 Å². The van der Waals surface area contributed by atoms with Crippen molar-refractivity contribution in [3.63, 3.8) is 0 Å². The van der Waals surface area contributed by atoms with Gasteiger partial charge < -0.3 is 14.7 Å². The van der Waals surface area contributed by atoms with Crippen LogP contribution in [-0.2, 0) is 12.1 Å². The molecule has 0 aliphatic carbocycles. The Morgan fingerprint density at radius 2 is 1.65 bits per heavy atom. The van der Waals surface area contributed by atoms with E-state index in [1.165, 1.54) is 24.3 Å². The van der Waals surface area contributed by atoms with E-state index in [0.29, 0.717) is 30.6 Å². The van der Waals surface area contributed by atoms with E-state index in [4.69, 9.17) is 0 Å². The van der Waals surface area contributed by atoms with Gasteiger partial charge in [-0.25, -0.2) is 13.6 Å². The van der Waals surface area contributed by atoms with E-state index in [9.17, 15) is 18.8 Å². The van der Waals surface area contributed by atoms with Crippen molar-refractivity contribution in [2.45, 2.75) is 24.9 Å². The topological polar surface area (TPSA) is 50.6 Å². The van der Waals surface area contributed by atoms with Crippen molar-refractivity contribution >= 4 is 16.8 Å². The molecule has 3 aromatic rings. The molecule has 0 radical (unpaired) electrons. The van der Waals surface area contributed by atoms with E-state index in [1.807, 2.05) is 4.90 Å². The van der Waals surface area contributed by atoms with E-state index >= 15 is 0 Å². The third kappa shape index (κ3) is 3.88. The first-order chi connectivity index (χ1) is 16.4. The van der Waals surface area contributed by atoms with Gasteiger partial charge in [-0.1, -0.05) is 18.2 Å². The number of hydrogen-bond donors (Lipinski definition) is 0. The number of piperidine rings is 1. The lowest BCUT2D eigenvalue weighted by Gasteiger charge is -2.47. The predicted octanol–water partition coefficient (Wildman–Crippen LogP) is 4.85. The van der Waals surface area contributed by atoms with Gasteiger partial charge in [-0.15, -0.1) is 0 Å². The first-order valence-electron chi connectivity index (χ1n) is 11.5. The van der Waals surface area contributed by atoms with Crippen molar-refractivity contribution in [3.05, 3.63) is 82.9 Å². The fourth-order valence-corrected chi connectivity index (χ4v) is 5.40. The van der Waals surface area contributed by atoms with Crippen LogP contribution in [0.4, 0.5) is 13.6 Å². The molecule has 34 heavy (non-hydrogen) atoms. The molecule has 0 spiro atoms. The number of carbonyl (C=O) groups excluding carboxylic acids is 1. The molecule has 2 fully saturated rings. The molecule has 0 saturated carbocycles. The van der Waals surface area contributed by atoms with Gasteiger partial charge in [-0.3, -0.25) is 0 Å². The molecule has 2 aliphatic heterocycles. The largest absolute Gasteiger partial charge is 0.321 e. The molecule has 2 saturated heterocycles. The Kier molecular flexibility index (Phi) is 5.70. The van der Waals surface area contributed by atoms with Crippen molar-refractivity contribution in [3.8, 4) is 6.07 Å². The number of benzene rings is 3. The molecule has 0 atom stereocenters. The first-order valence-corrected chi connectivity index (χ1v) is 11.5. The molecule has 7 heteroatoms. The first kappa shape index (κ1) is 22.3. The van der Waals surface area contributed by atoms with Crippen LogP contribution in [0, 0.1) is 23.0 Å². The summed E-state index contributed by atoms with van der Waals surface area (Å²) in [5.41, 5.74) is 1.70. The Labute approximate surface area is 197 Å².